The normalized spacial score (nSPS) is 12.8. The van der Waals surface area contributed by atoms with E-state index < -0.39 is 0 Å². The largest absolute Gasteiger partial charge is 0.456 e. The Morgan fingerprint density at radius 2 is 1.19 bits per heavy atom. The highest BCUT2D eigenvalue weighted by Gasteiger charge is 2.18. The minimum atomic E-state index is 0.793. The minimum Gasteiger partial charge on any atom is -0.456 e. The number of aromatic nitrogens is 1. The summed E-state index contributed by atoms with van der Waals surface area (Å²) >= 11 is 0. The molecule has 4 nitrogen and oxygen atoms in total. The summed E-state index contributed by atoms with van der Waals surface area (Å²) in [5.41, 5.74) is 16.0. The molecule has 0 spiro atoms. The van der Waals surface area contributed by atoms with Crippen molar-refractivity contribution in [2.75, 3.05) is 0 Å². The Bertz CT molecular complexity index is 3580. The minimum absolute atomic E-state index is 0.793. The number of para-hydroxylation sites is 3. The second-order valence-electron chi connectivity index (χ2n) is 16.6. The molecule has 0 unspecified atom stereocenters. The Labute approximate surface area is 366 Å². The monoisotopic (exact) mass is 814 g/mol. The highest BCUT2D eigenvalue weighted by atomic mass is 16.3. The molecule has 4 heteroatoms. The van der Waals surface area contributed by atoms with Gasteiger partial charge >= 0.3 is 0 Å². The first-order chi connectivity index (χ1) is 31.1. The molecule has 0 radical (unpaired) electrons. The second kappa shape index (κ2) is 16.3. The first-order valence-electron chi connectivity index (χ1n) is 22.1. The van der Waals surface area contributed by atoms with E-state index in [1.165, 1.54) is 27.4 Å². The zero-order valence-electron chi connectivity index (χ0n) is 35.5. The van der Waals surface area contributed by atoms with Crippen LogP contribution in [0, 0.1) is 0 Å². The number of aliphatic imine (C=N–C) groups is 1. The molecule has 3 aromatic heterocycles. The van der Waals surface area contributed by atoms with Crippen molar-refractivity contribution in [2.45, 2.75) is 39.5 Å². The van der Waals surface area contributed by atoms with Crippen LogP contribution in [0.1, 0.15) is 56.2 Å². The molecule has 11 aromatic rings. The molecular formula is C59H46N2O2. The van der Waals surface area contributed by atoms with Crippen molar-refractivity contribution in [2.24, 2.45) is 4.99 Å². The standard InChI is InChI=1S/C59H46N2O2/c1-3-4-23-52(60-51(41-16-7-5-8-17-41)34-27-39(2)35-40-28-31-48-47-21-12-14-25-55(47)62-57(48)36-40)49-22-15-26-56-59(49)50-33-30-43(38-58(50)63-56)42-29-32-46-45-20-11-13-24-53(45)61(54(46)37-42)44-18-9-6-10-19-44/h5-26,28-33,35-38H,3-4,27,34H2,1-2H3/b39-35-,52-23-,60-51?. The molecule has 0 fully saturated rings. The van der Waals surface area contributed by atoms with Crippen LogP contribution in [0.15, 0.2) is 207 Å². The molecule has 304 valence electrons. The van der Waals surface area contributed by atoms with Crippen molar-refractivity contribution in [1.82, 2.24) is 4.57 Å². The van der Waals surface area contributed by atoms with Crippen LogP contribution in [-0.4, -0.2) is 10.3 Å². The van der Waals surface area contributed by atoms with E-state index in [1.807, 2.05) is 12.1 Å². The predicted octanol–water partition coefficient (Wildman–Crippen LogP) is 16.8. The number of nitrogens with zero attached hydrogens (tertiary/aromatic N) is 2. The fourth-order valence-electron chi connectivity index (χ4n) is 9.27. The van der Waals surface area contributed by atoms with E-state index >= 15 is 0 Å². The van der Waals surface area contributed by atoms with Gasteiger partial charge in [0.15, 0.2) is 0 Å². The molecule has 0 aliphatic rings. The molecule has 0 saturated heterocycles. The number of unbranched alkanes of at least 4 members (excludes halogenated alkanes) is 1. The molecule has 0 amide bonds. The van der Waals surface area contributed by atoms with E-state index in [-0.39, 0.29) is 0 Å². The van der Waals surface area contributed by atoms with Crippen LogP contribution in [0.3, 0.4) is 0 Å². The second-order valence-corrected chi connectivity index (χ2v) is 16.6. The lowest BCUT2D eigenvalue weighted by Crippen LogP contribution is -2.02. The molecule has 0 aliphatic heterocycles. The summed E-state index contributed by atoms with van der Waals surface area (Å²) in [4.78, 5) is 5.57. The number of hydrogen-bond acceptors (Lipinski definition) is 3. The first kappa shape index (κ1) is 38.2. The lowest BCUT2D eigenvalue weighted by atomic mass is 9.98. The number of allylic oxidation sites excluding steroid dienone is 2. The molecule has 0 bridgehead atoms. The van der Waals surface area contributed by atoms with Crippen LogP contribution in [0.25, 0.3) is 94.3 Å². The Morgan fingerprint density at radius 1 is 0.540 bits per heavy atom. The highest BCUT2D eigenvalue weighted by Crippen LogP contribution is 2.40. The third kappa shape index (κ3) is 7.14. The quantitative estimate of drug-likeness (QED) is 0.122. The predicted molar refractivity (Wildman–Crippen MR) is 266 cm³/mol. The zero-order chi connectivity index (χ0) is 42.3. The Kier molecular flexibility index (Phi) is 9.90. The van der Waals surface area contributed by atoms with Crippen LogP contribution in [0.2, 0.25) is 0 Å². The van der Waals surface area contributed by atoms with Crippen molar-refractivity contribution < 1.29 is 8.83 Å². The van der Waals surface area contributed by atoms with Gasteiger partial charge in [-0.1, -0.05) is 152 Å². The molecule has 63 heavy (non-hydrogen) atoms. The van der Waals surface area contributed by atoms with E-state index in [4.69, 9.17) is 13.8 Å². The maximum Gasteiger partial charge on any atom is 0.136 e. The maximum atomic E-state index is 6.71. The summed E-state index contributed by atoms with van der Waals surface area (Å²) in [6, 6.07) is 64.5. The average molecular weight is 815 g/mol. The fourth-order valence-corrected chi connectivity index (χ4v) is 9.27. The summed E-state index contributed by atoms with van der Waals surface area (Å²) in [6.45, 7) is 4.44. The van der Waals surface area contributed by atoms with Crippen LogP contribution in [-0.2, 0) is 0 Å². The maximum absolute atomic E-state index is 6.71. The number of benzene rings is 8. The number of furan rings is 2. The van der Waals surface area contributed by atoms with E-state index in [1.54, 1.807) is 0 Å². The highest BCUT2D eigenvalue weighted by molar-refractivity contribution is 6.14. The van der Waals surface area contributed by atoms with Gasteiger partial charge in [0.05, 0.1) is 16.7 Å². The van der Waals surface area contributed by atoms with Crippen molar-refractivity contribution >= 4 is 83.2 Å². The summed E-state index contributed by atoms with van der Waals surface area (Å²) in [5.74, 6) is 0. The molecule has 3 heterocycles. The smallest absolute Gasteiger partial charge is 0.136 e. The van der Waals surface area contributed by atoms with Crippen molar-refractivity contribution in [1.29, 1.82) is 0 Å². The summed E-state index contributed by atoms with van der Waals surface area (Å²) in [6.07, 6.45) is 8.18. The van der Waals surface area contributed by atoms with Crippen molar-refractivity contribution in [3.63, 3.8) is 0 Å². The number of fused-ring (bicyclic) bond motifs is 9. The van der Waals surface area contributed by atoms with E-state index in [9.17, 15) is 0 Å². The third-order valence-electron chi connectivity index (χ3n) is 12.4. The zero-order valence-corrected chi connectivity index (χ0v) is 35.5. The van der Waals surface area contributed by atoms with Gasteiger partial charge in [0.25, 0.3) is 0 Å². The van der Waals surface area contributed by atoms with E-state index in [2.05, 4.69) is 200 Å². The summed E-state index contributed by atoms with van der Waals surface area (Å²) < 4.78 is 15.3. The van der Waals surface area contributed by atoms with Crippen molar-refractivity contribution in [3.05, 3.63) is 210 Å². The molecule has 0 atom stereocenters. The van der Waals surface area contributed by atoms with Gasteiger partial charge in [0, 0.05) is 49.3 Å². The average Bonchev–Trinajstić information content (AvgIpc) is 4.00. The van der Waals surface area contributed by atoms with Crippen LogP contribution in [0.5, 0.6) is 0 Å². The third-order valence-corrected chi connectivity index (χ3v) is 12.4. The lowest BCUT2D eigenvalue weighted by molar-refractivity contribution is 0.668. The van der Waals surface area contributed by atoms with Gasteiger partial charge in [-0.15, -0.1) is 0 Å². The molecule has 8 aromatic carbocycles. The molecular weight excluding hydrogens is 769 g/mol. The molecule has 0 saturated carbocycles. The van der Waals surface area contributed by atoms with Crippen LogP contribution >= 0.6 is 0 Å². The Morgan fingerprint density at radius 3 is 2.03 bits per heavy atom. The van der Waals surface area contributed by atoms with E-state index in [0.29, 0.717) is 0 Å². The first-order valence-corrected chi connectivity index (χ1v) is 22.1. The van der Waals surface area contributed by atoms with Gasteiger partial charge in [0.1, 0.15) is 22.3 Å². The molecule has 11 rings (SSSR count). The van der Waals surface area contributed by atoms with Crippen LogP contribution < -0.4 is 0 Å². The Hall–Kier alpha value is -7.69. The summed E-state index contributed by atoms with van der Waals surface area (Å²) in [5, 5.41) is 6.96. The van der Waals surface area contributed by atoms with Gasteiger partial charge in [-0.25, -0.2) is 0 Å². The van der Waals surface area contributed by atoms with Crippen LogP contribution in [0.4, 0.5) is 0 Å². The van der Waals surface area contributed by atoms with E-state index in [0.717, 1.165) is 114 Å². The SMILES string of the molecule is CCC/C=C(\N=C(CC/C(C)=C\c1ccc2c(c1)oc1ccccc12)c1ccccc1)c1cccc2oc3cc(-c4ccc5c6ccccc6n(-c6ccccc6)c5c4)ccc3c12. The van der Waals surface area contributed by atoms with Gasteiger partial charge in [-0.3, -0.25) is 4.99 Å². The van der Waals surface area contributed by atoms with Crippen molar-refractivity contribution in [3.8, 4) is 16.8 Å². The number of rotatable bonds is 11. The molecule has 0 aliphatic carbocycles. The Balaban J connectivity index is 0.954. The van der Waals surface area contributed by atoms with Gasteiger partial charge in [0.2, 0.25) is 0 Å². The summed E-state index contributed by atoms with van der Waals surface area (Å²) in [7, 11) is 0. The number of hydrogen-bond donors (Lipinski definition) is 0. The topological polar surface area (TPSA) is 43.6 Å². The van der Waals surface area contributed by atoms with Gasteiger partial charge in [-0.2, -0.15) is 0 Å². The lowest BCUT2D eigenvalue weighted by Gasteiger charge is -2.12. The molecule has 0 N–H and O–H groups in total. The van der Waals surface area contributed by atoms with Gasteiger partial charge in [-0.05, 0) is 109 Å². The fraction of sp³-hybridized carbons (Fsp3) is 0.102. The van der Waals surface area contributed by atoms with Gasteiger partial charge < -0.3 is 13.4 Å².